The van der Waals surface area contributed by atoms with Crippen molar-refractivity contribution in [3.05, 3.63) is 0 Å². The van der Waals surface area contributed by atoms with Crippen LogP contribution in [0.2, 0.25) is 0 Å². The van der Waals surface area contributed by atoms with Crippen LogP contribution in [-0.2, 0) is 28.1 Å². The van der Waals surface area contributed by atoms with E-state index in [0.717, 1.165) is 0 Å². The van der Waals surface area contributed by atoms with Crippen molar-refractivity contribution < 1.29 is 28.1 Å². The Labute approximate surface area is 42.4 Å². The second-order valence-corrected chi connectivity index (χ2v) is 0.332. The van der Waals surface area contributed by atoms with Crippen LogP contribution in [0, 0.1) is 0 Å². The van der Waals surface area contributed by atoms with Crippen LogP contribution in [0.3, 0.4) is 0 Å². The minimum atomic E-state index is 0. The molecule has 0 saturated heterocycles. The third kappa shape index (κ3) is 15.4. The van der Waals surface area contributed by atoms with E-state index in [1.807, 2.05) is 0 Å². The van der Waals surface area contributed by atoms with Crippen molar-refractivity contribution in [1.82, 2.24) is 0 Å². The summed E-state index contributed by atoms with van der Waals surface area (Å²) in [6.07, 6.45) is 0. The number of hydrogen-bond acceptors (Lipinski definition) is 2. The van der Waals surface area contributed by atoms with Gasteiger partial charge in [0, 0.05) is 18.6 Å². The van der Waals surface area contributed by atoms with Gasteiger partial charge < -0.3 is 4.74 Å². The molecule has 0 heterocycles. The van der Waals surface area contributed by atoms with Gasteiger partial charge in [0.2, 0.25) is 0 Å². The fourth-order valence-corrected chi connectivity index (χ4v) is 0. The van der Waals surface area contributed by atoms with Gasteiger partial charge in [0.1, 0.15) is 0 Å². The van der Waals surface area contributed by atoms with Crippen molar-refractivity contribution >= 4 is 6.47 Å². The molecule has 0 unspecified atom stereocenters. The molecule has 2 nitrogen and oxygen atoms in total. The van der Waals surface area contributed by atoms with Crippen molar-refractivity contribution in [1.29, 1.82) is 0 Å². The van der Waals surface area contributed by atoms with E-state index < -0.39 is 0 Å². The fraction of sp³-hybridized carbons (Fsp3) is 0.500. The molecule has 0 atom stereocenters. The third-order valence-corrected chi connectivity index (χ3v) is 0.0962. The van der Waals surface area contributed by atoms with Crippen LogP contribution in [0.1, 0.15) is 0 Å². The summed E-state index contributed by atoms with van der Waals surface area (Å²) in [6, 6.07) is 0. The molecule has 0 aromatic heterocycles. The minimum Gasteiger partial charge on any atom is -0.471 e. The molecule has 0 aliphatic heterocycles. The van der Waals surface area contributed by atoms with Crippen LogP contribution in [0.15, 0.2) is 0 Å². The minimum absolute atomic E-state index is 0. The Hall–Kier alpha value is 0.0544. The van der Waals surface area contributed by atoms with Gasteiger partial charge in [-0.05, 0) is 0 Å². The number of rotatable bonds is 1. The summed E-state index contributed by atoms with van der Waals surface area (Å²) in [5.41, 5.74) is 0. The first-order valence-corrected chi connectivity index (χ1v) is 0.880. The van der Waals surface area contributed by atoms with Crippen molar-refractivity contribution in [3.8, 4) is 0 Å². The molecule has 1 radical (unpaired) electrons. The molecule has 0 bridgehead atoms. The van der Waals surface area contributed by atoms with Crippen LogP contribution >= 0.6 is 0 Å². The molecular weight excluding hydrogens is 107 g/mol. The summed E-state index contributed by atoms with van der Waals surface area (Å²) in [4.78, 5) is 8.95. The molecule has 0 fully saturated rings. The van der Waals surface area contributed by atoms with Gasteiger partial charge in [0.05, 0.1) is 7.11 Å². The van der Waals surface area contributed by atoms with E-state index in [2.05, 4.69) is 4.74 Å². The van der Waals surface area contributed by atoms with E-state index in [0.29, 0.717) is 6.47 Å². The summed E-state index contributed by atoms with van der Waals surface area (Å²) in [7, 11) is 1.31. The van der Waals surface area contributed by atoms with Crippen molar-refractivity contribution in [2.75, 3.05) is 7.11 Å². The zero-order chi connectivity index (χ0) is 3.41. The Bertz CT molecular complexity index is 21.6. The molecule has 0 rings (SSSR count). The first-order chi connectivity index (χ1) is 1.91. The fourth-order valence-electron chi connectivity index (χ4n) is 0. The molecule has 0 aromatic carbocycles. The molecule has 5 heavy (non-hydrogen) atoms. The maximum Gasteiger partial charge on any atom is 0.292 e. The van der Waals surface area contributed by atoms with Gasteiger partial charge in [-0.15, -0.1) is 0 Å². The maximum absolute atomic E-state index is 8.95. The number of hydrogen-bond donors (Lipinski definition) is 0. The second-order valence-electron chi connectivity index (χ2n) is 0.332. The molecule has 0 amide bonds. The van der Waals surface area contributed by atoms with E-state index >= 15 is 0 Å². The molecule has 0 aliphatic carbocycles. The van der Waals surface area contributed by atoms with E-state index in [1.165, 1.54) is 7.11 Å². The van der Waals surface area contributed by atoms with Crippen LogP contribution in [0.4, 0.5) is 0 Å². The average molecular weight is 111 g/mol. The molecular formula is C2H4O2V. The van der Waals surface area contributed by atoms with E-state index in [1.54, 1.807) is 0 Å². The van der Waals surface area contributed by atoms with Crippen LogP contribution in [0.5, 0.6) is 0 Å². The predicted octanol–water partition coefficient (Wildman–Crippen LogP) is -0.213. The summed E-state index contributed by atoms with van der Waals surface area (Å²) < 4.78 is 3.86. The molecule has 0 N–H and O–H groups in total. The quantitative estimate of drug-likeness (QED) is 0.437. The van der Waals surface area contributed by atoms with Crippen molar-refractivity contribution in [2.45, 2.75) is 0 Å². The number of ether oxygens (including phenoxy) is 1. The summed E-state index contributed by atoms with van der Waals surface area (Å²) in [5.74, 6) is 0. The van der Waals surface area contributed by atoms with Crippen LogP contribution in [0.25, 0.3) is 0 Å². The molecule has 3 heteroatoms. The van der Waals surface area contributed by atoms with Crippen LogP contribution < -0.4 is 0 Å². The Morgan fingerprint density at radius 1 is 1.80 bits per heavy atom. The molecule has 0 aromatic rings. The number of carbonyl (C=O) groups is 1. The van der Waals surface area contributed by atoms with E-state index in [4.69, 9.17) is 4.79 Å². The largest absolute Gasteiger partial charge is 0.471 e. The average Bonchev–Trinajstić information content (AvgIpc) is 1.37. The topological polar surface area (TPSA) is 26.3 Å². The van der Waals surface area contributed by atoms with Gasteiger partial charge in [0.15, 0.2) is 0 Å². The van der Waals surface area contributed by atoms with Gasteiger partial charge in [0.25, 0.3) is 6.47 Å². The van der Waals surface area contributed by atoms with Gasteiger partial charge in [-0.25, -0.2) is 0 Å². The van der Waals surface area contributed by atoms with Gasteiger partial charge in [-0.1, -0.05) is 0 Å². The van der Waals surface area contributed by atoms with Crippen LogP contribution in [-0.4, -0.2) is 13.6 Å². The smallest absolute Gasteiger partial charge is 0.292 e. The Kier molecular flexibility index (Phi) is 16.0. The first-order valence-electron chi connectivity index (χ1n) is 0.880. The molecule has 0 saturated carbocycles. The first kappa shape index (κ1) is 8.91. The van der Waals surface area contributed by atoms with Gasteiger partial charge in [-0.2, -0.15) is 0 Å². The van der Waals surface area contributed by atoms with E-state index in [9.17, 15) is 0 Å². The van der Waals surface area contributed by atoms with Gasteiger partial charge >= 0.3 is 0 Å². The van der Waals surface area contributed by atoms with E-state index in [-0.39, 0.29) is 18.6 Å². The predicted molar refractivity (Wildman–Crippen MR) is 13.1 cm³/mol. The van der Waals surface area contributed by atoms with Crippen molar-refractivity contribution in [2.24, 2.45) is 0 Å². The molecule has 0 spiro atoms. The van der Waals surface area contributed by atoms with Gasteiger partial charge in [-0.3, -0.25) is 4.79 Å². The summed E-state index contributed by atoms with van der Waals surface area (Å²) in [5, 5.41) is 0. The Balaban J connectivity index is 0. The second kappa shape index (κ2) is 8.96. The zero-order valence-electron chi connectivity index (χ0n) is 2.84. The molecule has 29 valence electrons. The number of carbonyl (C=O) groups excluding carboxylic acids is 1. The maximum atomic E-state index is 8.95. The normalized spacial score (nSPS) is 4.20. The third-order valence-electron chi connectivity index (χ3n) is 0.0962. The SMILES string of the molecule is COC=O.[V]. The summed E-state index contributed by atoms with van der Waals surface area (Å²) in [6.45, 7) is 0.375. The Morgan fingerprint density at radius 3 is 2.00 bits per heavy atom. The number of methoxy groups -OCH3 is 1. The Morgan fingerprint density at radius 2 is 2.00 bits per heavy atom. The standard InChI is InChI=1S/C2H4O2.V/c1-4-2-3;/h2H,1H3;. The summed E-state index contributed by atoms with van der Waals surface area (Å²) >= 11 is 0. The molecule has 0 aliphatic rings. The zero-order valence-corrected chi connectivity index (χ0v) is 4.24. The van der Waals surface area contributed by atoms with Crippen molar-refractivity contribution in [3.63, 3.8) is 0 Å². The monoisotopic (exact) mass is 111 g/mol.